The van der Waals surface area contributed by atoms with Crippen molar-refractivity contribution >= 4 is 28.4 Å². The number of methoxy groups -OCH3 is 2. The van der Waals surface area contributed by atoms with Gasteiger partial charge in [0.1, 0.15) is 10.7 Å². The molecule has 0 atom stereocenters. The maximum absolute atomic E-state index is 5.33. The quantitative estimate of drug-likeness (QED) is 0.539. The lowest BCUT2D eigenvalue weighted by Crippen LogP contribution is -1.92. The Morgan fingerprint density at radius 1 is 1.00 bits per heavy atom. The van der Waals surface area contributed by atoms with Gasteiger partial charge in [-0.2, -0.15) is 9.61 Å². The molecule has 7 nitrogen and oxygen atoms in total. The monoisotopic (exact) mass is 365 g/mol. The topological polar surface area (TPSA) is 74.4 Å². The Labute approximate surface area is 153 Å². The molecule has 4 aromatic rings. The molecule has 0 aliphatic heterocycles. The van der Waals surface area contributed by atoms with E-state index in [0.29, 0.717) is 17.3 Å². The van der Waals surface area contributed by atoms with Crippen LogP contribution in [0.4, 0.5) is 0 Å². The summed E-state index contributed by atoms with van der Waals surface area (Å²) < 4.78 is 12.3. The van der Waals surface area contributed by atoms with Gasteiger partial charge in [-0.1, -0.05) is 29.5 Å². The molecular weight excluding hydrogens is 350 g/mol. The van der Waals surface area contributed by atoms with E-state index < -0.39 is 0 Å². The van der Waals surface area contributed by atoms with Crippen molar-refractivity contribution in [3.63, 3.8) is 0 Å². The molecule has 0 saturated heterocycles. The minimum atomic E-state index is 0.627. The third-order valence-corrected chi connectivity index (χ3v) is 4.59. The molecule has 0 radical (unpaired) electrons. The maximum Gasteiger partial charge on any atom is 0.235 e. The second-order valence-corrected chi connectivity index (χ2v) is 6.31. The maximum atomic E-state index is 5.33. The van der Waals surface area contributed by atoms with Gasteiger partial charge < -0.3 is 9.47 Å². The molecular formula is C18H15N5O2S. The van der Waals surface area contributed by atoms with Crippen LogP contribution in [0.2, 0.25) is 0 Å². The van der Waals surface area contributed by atoms with E-state index in [0.717, 1.165) is 21.2 Å². The van der Waals surface area contributed by atoms with Gasteiger partial charge in [-0.15, -0.1) is 10.2 Å². The van der Waals surface area contributed by atoms with Crippen molar-refractivity contribution in [3.8, 4) is 23.0 Å². The highest BCUT2D eigenvalue weighted by Crippen LogP contribution is 2.28. The molecule has 0 aliphatic carbocycles. The van der Waals surface area contributed by atoms with Gasteiger partial charge in [0.15, 0.2) is 11.5 Å². The van der Waals surface area contributed by atoms with Gasteiger partial charge in [0, 0.05) is 6.20 Å². The highest BCUT2D eigenvalue weighted by Gasteiger charge is 2.13. The molecule has 4 rings (SSSR count). The highest BCUT2D eigenvalue weighted by molar-refractivity contribution is 7.17. The van der Waals surface area contributed by atoms with Crippen LogP contribution in [-0.4, -0.2) is 39.0 Å². The molecule has 0 fully saturated rings. The lowest BCUT2D eigenvalue weighted by atomic mass is 10.2. The minimum absolute atomic E-state index is 0.627. The average Bonchev–Trinajstić information content (AvgIpc) is 3.27. The smallest absolute Gasteiger partial charge is 0.235 e. The first-order valence-electron chi connectivity index (χ1n) is 7.82. The Hall–Kier alpha value is -3.26. The van der Waals surface area contributed by atoms with Gasteiger partial charge in [-0.25, -0.2) is 0 Å². The molecule has 0 unspecified atom stereocenters. The Morgan fingerprint density at radius 3 is 2.65 bits per heavy atom. The van der Waals surface area contributed by atoms with Crippen molar-refractivity contribution in [1.29, 1.82) is 0 Å². The molecule has 0 aliphatic rings. The number of hydrogen-bond donors (Lipinski definition) is 0. The Morgan fingerprint density at radius 2 is 1.88 bits per heavy atom. The first-order valence-corrected chi connectivity index (χ1v) is 8.64. The lowest BCUT2D eigenvalue weighted by molar-refractivity contribution is 0.355. The summed E-state index contributed by atoms with van der Waals surface area (Å²) in [6.07, 6.45) is 5.62. The molecule has 130 valence electrons. The van der Waals surface area contributed by atoms with Crippen LogP contribution in [-0.2, 0) is 0 Å². The van der Waals surface area contributed by atoms with Gasteiger partial charge in [0.25, 0.3) is 0 Å². The summed E-state index contributed by atoms with van der Waals surface area (Å²) in [6, 6.07) is 11.4. The van der Waals surface area contributed by atoms with Crippen LogP contribution in [0.1, 0.15) is 10.6 Å². The number of fused-ring (bicyclic) bond motifs is 1. The van der Waals surface area contributed by atoms with Gasteiger partial charge >= 0.3 is 0 Å². The van der Waals surface area contributed by atoms with E-state index in [1.807, 2.05) is 48.6 Å². The second-order valence-electron chi connectivity index (χ2n) is 5.32. The standard InChI is InChI=1S/C18H15N5O2S/c1-24-14-8-6-12(11-15(14)25-2)7-9-16-22-23-17(20-21-18(23)26-16)13-5-3-4-10-19-13/h3-11H,1-2H3/b9-7+. The molecule has 0 bridgehead atoms. The third-order valence-electron chi connectivity index (χ3n) is 3.73. The zero-order valence-electron chi connectivity index (χ0n) is 14.2. The Balaban J connectivity index is 1.64. The summed E-state index contributed by atoms with van der Waals surface area (Å²) in [7, 11) is 3.24. The van der Waals surface area contributed by atoms with E-state index in [1.54, 1.807) is 24.9 Å². The molecule has 26 heavy (non-hydrogen) atoms. The molecule has 0 spiro atoms. The predicted octanol–water partition coefficient (Wildman–Crippen LogP) is 3.44. The van der Waals surface area contributed by atoms with Gasteiger partial charge in [-0.05, 0) is 35.9 Å². The van der Waals surface area contributed by atoms with E-state index in [-0.39, 0.29) is 0 Å². The van der Waals surface area contributed by atoms with Crippen LogP contribution in [0.5, 0.6) is 11.5 Å². The summed E-state index contributed by atoms with van der Waals surface area (Å²) in [6.45, 7) is 0. The fourth-order valence-corrected chi connectivity index (χ4v) is 3.22. The molecule has 3 heterocycles. The van der Waals surface area contributed by atoms with Crippen molar-refractivity contribution < 1.29 is 9.47 Å². The van der Waals surface area contributed by atoms with Gasteiger partial charge in [0.2, 0.25) is 10.8 Å². The number of nitrogens with zero attached hydrogens (tertiary/aromatic N) is 5. The average molecular weight is 365 g/mol. The van der Waals surface area contributed by atoms with Crippen LogP contribution >= 0.6 is 11.3 Å². The molecule has 8 heteroatoms. The number of aromatic nitrogens is 5. The van der Waals surface area contributed by atoms with Crippen molar-refractivity contribution in [1.82, 2.24) is 24.8 Å². The minimum Gasteiger partial charge on any atom is -0.493 e. The number of rotatable bonds is 5. The van der Waals surface area contributed by atoms with Crippen LogP contribution in [0.15, 0.2) is 42.6 Å². The van der Waals surface area contributed by atoms with Gasteiger partial charge in [0.05, 0.1) is 14.2 Å². The number of pyridine rings is 1. The first-order chi connectivity index (χ1) is 12.8. The lowest BCUT2D eigenvalue weighted by Gasteiger charge is -2.07. The molecule has 3 aromatic heterocycles. The highest BCUT2D eigenvalue weighted by atomic mass is 32.1. The third kappa shape index (κ3) is 3.02. The Kier molecular flexibility index (Phi) is 4.32. The largest absolute Gasteiger partial charge is 0.493 e. The van der Waals surface area contributed by atoms with Crippen LogP contribution < -0.4 is 9.47 Å². The van der Waals surface area contributed by atoms with Crippen molar-refractivity contribution in [2.24, 2.45) is 0 Å². The summed E-state index contributed by atoms with van der Waals surface area (Å²) in [5.74, 6) is 2.01. The van der Waals surface area contributed by atoms with Crippen LogP contribution in [0, 0.1) is 0 Å². The SMILES string of the molecule is COc1ccc(/C=C/c2nn3c(-c4ccccn4)nnc3s2)cc1OC. The summed E-state index contributed by atoms with van der Waals surface area (Å²) in [5.41, 5.74) is 1.72. The van der Waals surface area contributed by atoms with Crippen molar-refractivity contribution in [3.05, 3.63) is 53.2 Å². The Bertz CT molecular complexity index is 1070. The molecule has 0 amide bonds. The predicted molar refractivity (Wildman–Crippen MR) is 100 cm³/mol. The van der Waals surface area contributed by atoms with E-state index in [2.05, 4.69) is 20.3 Å². The second kappa shape index (κ2) is 6.93. The number of hydrogen-bond acceptors (Lipinski definition) is 7. The van der Waals surface area contributed by atoms with E-state index in [9.17, 15) is 0 Å². The molecule has 0 N–H and O–H groups in total. The summed E-state index contributed by atoms with van der Waals surface area (Å²) in [5, 5.41) is 13.7. The summed E-state index contributed by atoms with van der Waals surface area (Å²) in [4.78, 5) is 5.03. The number of ether oxygens (including phenoxy) is 2. The molecule has 1 aromatic carbocycles. The normalized spacial score (nSPS) is 11.3. The van der Waals surface area contributed by atoms with Crippen LogP contribution in [0.3, 0.4) is 0 Å². The van der Waals surface area contributed by atoms with E-state index in [1.165, 1.54) is 11.3 Å². The van der Waals surface area contributed by atoms with Crippen molar-refractivity contribution in [2.75, 3.05) is 14.2 Å². The van der Waals surface area contributed by atoms with Gasteiger partial charge in [-0.3, -0.25) is 4.98 Å². The van der Waals surface area contributed by atoms with Crippen molar-refractivity contribution in [2.45, 2.75) is 0 Å². The first kappa shape index (κ1) is 16.2. The van der Waals surface area contributed by atoms with E-state index >= 15 is 0 Å². The fraction of sp³-hybridized carbons (Fsp3) is 0.111. The zero-order chi connectivity index (χ0) is 17.9. The van der Waals surface area contributed by atoms with E-state index in [4.69, 9.17) is 9.47 Å². The zero-order valence-corrected chi connectivity index (χ0v) is 15.0. The molecule has 0 saturated carbocycles. The fourth-order valence-electron chi connectivity index (χ4n) is 2.48. The summed E-state index contributed by atoms with van der Waals surface area (Å²) >= 11 is 1.46. The number of benzene rings is 1. The van der Waals surface area contributed by atoms with Crippen LogP contribution in [0.25, 0.3) is 28.6 Å².